The van der Waals surface area contributed by atoms with E-state index in [0.717, 1.165) is 28.6 Å². The largest absolute Gasteiger partial charge is 0.443 e. The molecule has 4 nitrogen and oxygen atoms in total. The maximum Gasteiger partial charge on any atom is 0.414 e. The van der Waals surface area contributed by atoms with Crippen LogP contribution in [-0.4, -0.2) is 28.1 Å². The minimum absolute atomic E-state index is 0.274. The van der Waals surface area contributed by atoms with Gasteiger partial charge in [-0.1, -0.05) is 19.1 Å². The Morgan fingerprint density at radius 1 is 1.30 bits per heavy atom. The van der Waals surface area contributed by atoms with E-state index < -0.39 is 5.60 Å². The summed E-state index contributed by atoms with van der Waals surface area (Å²) in [5.41, 5.74) is 2.60. The smallest absolute Gasteiger partial charge is 0.414 e. The Kier molecular flexibility index (Phi) is 3.92. The first-order valence-electron chi connectivity index (χ1n) is 8.12. The second-order valence-corrected chi connectivity index (χ2v) is 7.30. The normalized spacial score (nSPS) is 18.9. The van der Waals surface area contributed by atoms with E-state index in [1.807, 2.05) is 33.0 Å². The number of aromatic nitrogens is 1. The Morgan fingerprint density at radius 3 is 2.83 bits per heavy atom. The van der Waals surface area contributed by atoms with E-state index in [9.17, 15) is 4.79 Å². The number of nitrogens with zero attached hydrogens (tertiary/aromatic N) is 1. The average molecular weight is 312 g/mol. The summed E-state index contributed by atoms with van der Waals surface area (Å²) in [5.74, 6) is 0.433. The van der Waals surface area contributed by atoms with Gasteiger partial charge in [-0.25, -0.2) is 4.79 Å². The lowest BCUT2D eigenvalue weighted by Crippen LogP contribution is -2.39. The number of fused-ring (bicyclic) bond motifs is 1. The van der Waals surface area contributed by atoms with E-state index in [1.165, 1.54) is 0 Å². The zero-order valence-electron chi connectivity index (χ0n) is 14.2. The van der Waals surface area contributed by atoms with Crippen molar-refractivity contribution in [3.8, 4) is 0 Å². The number of hydrogen-bond donors (Lipinski definition) is 1. The molecule has 122 valence electrons. The molecule has 2 heterocycles. The summed E-state index contributed by atoms with van der Waals surface area (Å²) >= 11 is 0. The van der Waals surface area contributed by atoms with Gasteiger partial charge in [-0.2, -0.15) is 0 Å². The van der Waals surface area contributed by atoms with E-state index in [2.05, 4.69) is 36.2 Å². The Hall–Kier alpha value is -2.23. The molecule has 0 spiro atoms. The molecule has 0 saturated carbocycles. The van der Waals surface area contributed by atoms with Crippen molar-refractivity contribution < 1.29 is 9.53 Å². The Labute approximate surface area is 137 Å². The highest BCUT2D eigenvalue weighted by Crippen LogP contribution is 2.30. The molecular formula is C19H24N2O2. The minimum Gasteiger partial charge on any atom is -0.443 e. The Bertz CT molecular complexity index is 752. The first-order valence-corrected chi connectivity index (χ1v) is 8.12. The number of carbonyl (C=O) groups is 1. The molecule has 2 aromatic rings. The molecule has 1 aromatic carbocycles. The van der Waals surface area contributed by atoms with E-state index in [-0.39, 0.29) is 6.09 Å². The van der Waals surface area contributed by atoms with Crippen LogP contribution in [-0.2, 0) is 4.74 Å². The fourth-order valence-electron chi connectivity index (χ4n) is 2.88. The summed E-state index contributed by atoms with van der Waals surface area (Å²) in [6, 6.07) is 8.27. The molecule has 1 amide bonds. The molecule has 0 radical (unpaired) electrons. The van der Waals surface area contributed by atoms with Crippen molar-refractivity contribution in [1.29, 1.82) is 0 Å². The van der Waals surface area contributed by atoms with Crippen LogP contribution in [0.2, 0.25) is 0 Å². The van der Waals surface area contributed by atoms with Gasteiger partial charge in [-0.3, -0.25) is 4.90 Å². The van der Waals surface area contributed by atoms with Gasteiger partial charge in [-0.15, -0.1) is 0 Å². The highest BCUT2D eigenvalue weighted by atomic mass is 16.6. The van der Waals surface area contributed by atoms with E-state index in [0.29, 0.717) is 12.5 Å². The van der Waals surface area contributed by atoms with Crippen LogP contribution in [0.4, 0.5) is 4.79 Å². The number of rotatable bonds is 1. The van der Waals surface area contributed by atoms with Gasteiger partial charge in [0, 0.05) is 23.6 Å². The Morgan fingerprint density at radius 2 is 2.09 bits per heavy atom. The van der Waals surface area contributed by atoms with Crippen molar-refractivity contribution in [1.82, 2.24) is 9.88 Å². The highest BCUT2D eigenvalue weighted by Gasteiger charge is 2.29. The number of carbonyl (C=O) groups excluding carboxylic acids is 1. The second-order valence-electron chi connectivity index (χ2n) is 7.30. The van der Waals surface area contributed by atoms with Gasteiger partial charge in [0.25, 0.3) is 0 Å². The molecular weight excluding hydrogens is 288 g/mol. The summed E-state index contributed by atoms with van der Waals surface area (Å²) in [5, 5.41) is 1.14. The van der Waals surface area contributed by atoms with Gasteiger partial charge >= 0.3 is 6.09 Å². The maximum absolute atomic E-state index is 12.6. The fraction of sp³-hybridized carbons (Fsp3) is 0.421. The third-order valence-corrected chi connectivity index (χ3v) is 3.96. The minimum atomic E-state index is -0.493. The molecule has 23 heavy (non-hydrogen) atoms. The lowest BCUT2D eigenvalue weighted by atomic mass is 9.98. The molecule has 0 bridgehead atoms. The highest BCUT2D eigenvalue weighted by molar-refractivity contribution is 5.88. The van der Waals surface area contributed by atoms with Crippen molar-refractivity contribution in [2.45, 2.75) is 39.7 Å². The summed E-state index contributed by atoms with van der Waals surface area (Å²) in [6.45, 7) is 8.53. The third-order valence-electron chi connectivity index (χ3n) is 3.96. The monoisotopic (exact) mass is 312 g/mol. The average Bonchev–Trinajstić information content (AvgIpc) is 2.92. The molecule has 4 heteroatoms. The SMILES string of the molecule is CC1CC=C(c2ccc3[nH]ccc3c2)N(C(=O)OC(C)(C)C)C1. The van der Waals surface area contributed by atoms with Crippen LogP contribution < -0.4 is 0 Å². The first-order chi connectivity index (χ1) is 10.8. The molecule has 1 aliphatic rings. The van der Waals surface area contributed by atoms with Gasteiger partial charge < -0.3 is 9.72 Å². The number of H-pyrrole nitrogens is 1. The van der Waals surface area contributed by atoms with Crippen LogP contribution in [0.15, 0.2) is 36.5 Å². The topological polar surface area (TPSA) is 45.3 Å². The maximum atomic E-state index is 12.6. The summed E-state index contributed by atoms with van der Waals surface area (Å²) in [6.07, 6.45) is 4.77. The number of nitrogens with one attached hydrogen (secondary N) is 1. The van der Waals surface area contributed by atoms with E-state index in [4.69, 9.17) is 4.74 Å². The molecule has 1 aromatic heterocycles. The predicted octanol–water partition coefficient (Wildman–Crippen LogP) is 4.79. The molecule has 1 aliphatic heterocycles. The lowest BCUT2D eigenvalue weighted by molar-refractivity contribution is 0.0327. The first kappa shape index (κ1) is 15.7. The van der Waals surface area contributed by atoms with Crippen molar-refractivity contribution in [3.63, 3.8) is 0 Å². The van der Waals surface area contributed by atoms with Gasteiger partial charge in [0.2, 0.25) is 0 Å². The van der Waals surface area contributed by atoms with Crippen LogP contribution in [0.5, 0.6) is 0 Å². The zero-order chi connectivity index (χ0) is 16.6. The molecule has 0 saturated heterocycles. The zero-order valence-corrected chi connectivity index (χ0v) is 14.2. The van der Waals surface area contributed by atoms with Gasteiger partial charge in [0.1, 0.15) is 5.60 Å². The van der Waals surface area contributed by atoms with Crippen molar-refractivity contribution in [2.24, 2.45) is 5.92 Å². The number of allylic oxidation sites excluding steroid dienone is 1. The molecule has 3 rings (SSSR count). The Balaban J connectivity index is 1.95. The van der Waals surface area contributed by atoms with Crippen LogP contribution in [0.25, 0.3) is 16.6 Å². The van der Waals surface area contributed by atoms with Crippen LogP contribution >= 0.6 is 0 Å². The summed E-state index contributed by atoms with van der Waals surface area (Å²) in [4.78, 5) is 17.6. The van der Waals surface area contributed by atoms with Gasteiger partial charge in [0.05, 0.1) is 5.70 Å². The molecule has 1 unspecified atom stereocenters. The predicted molar refractivity (Wildman–Crippen MR) is 93.0 cm³/mol. The van der Waals surface area contributed by atoms with Gasteiger partial charge in [-0.05, 0) is 56.9 Å². The number of ether oxygens (including phenoxy) is 1. The summed E-state index contributed by atoms with van der Waals surface area (Å²) in [7, 11) is 0. The fourth-order valence-corrected chi connectivity index (χ4v) is 2.88. The van der Waals surface area contributed by atoms with Crippen molar-refractivity contribution in [3.05, 3.63) is 42.1 Å². The number of aromatic amines is 1. The van der Waals surface area contributed by atoms with E-state index in [1.54, 1.807) is 4.90 Å². The molecule has 1 atom stereocenters. The number of amides is 1. The van der Waals surface area contributed by atoms with E-state index >= 15 is 0 Å². The molecule has 0 fully saturated rings. The quantitative estimate of drug-likeness (QED) is 0.823. The van der Waals surface area contributed by atoms with Crippen molar-refractivity contribution in [2.75, 3.05) is 6.54 Å². The van der Waals surface area contributed by atoms with Crippen LogP contribution in [0.1, 0.15) is 39.7 Å². The third kappa shape index (κ3) is 3.41. The van der Waals surface area contributed by atoms with Crippen LogP contribution in [0, 0.1) is 5.92 Å². The number of benzene rings is 1. The van der Waals surface area contributed by atoms with Crippen LogP contribution in [0.3, 0.4) is 0 Å². The molecule has 1 N–H and O–H groups in total. The second kappa shape index (κ2) is 5.76. The van der Waals surface area contributed by atoms with Crippen molar-refractivity contribution >= 4 is 22.7 Å². The lowest BCUT2D eigenvalue weighted by Gasteiger charge is -2.34. The van der Waals surface area contributed by atoms with Gasteiger partial charge in [0.15, 0.2) is 0 Å². The molecule has 0 aliphatic carbocycles. The standard InChI is InChI=1S/C19H24N2O2/c1-13-5-8-17(21(12-13)18(22)23-19(2,3)4)15-6-7-16-14(11-15)9-10-20-16/h6-11,13,20H,5,12H2,1-4H3. The summed E-state index contributed by atoms with van der Waals surface area (Å²) < 4.78 is 5.59. The number of hydrogen-bond acceptors (Lipinski definition) is 2.